The van der Waals surface area contributed by atoms with E-state index in [1.807, 2.05) is 24.0 Å². The zero-order chi connectivity index (χ0) is 21.3. The van der Waals surface area contributed by atoms with Gasteiger partial charge in [0.25, 0.3) is 0 Å². The molecular formula is C24H33FN4O. The van der Waals surface area contributed by atoms with Crippen molar-refractivity contribution in [1.82, 2.24) is 14.9 Å². The third-order valence-electron chi connectivity index (χ3n) is 5.62. The molecule has 30 heavy (non-hydrogen) atoms. The van der Waals surface area contributed by atoms with Crippen molar-refractivity contribution in [1.29, 1.82) is 0 Å². The van der Waals surface area contributed by atoms with Gasteiger partial charge in [0, 0.05) is 49.9 Å². The van der Waals surface area contributed by atoms with Crippen molar-refractivity contribution in [2.75, 3.05) is 31.1 Å². The fraction of sp³-hybridized carbons (Fsp3) is 0.542. The zero-order valence-electron chi connectivity index (χ0n) is 18.2. The van der Waals surface area contributed by atoms with Crippen LogP contribution < -0.4 is 4.90 Å². The molecule has 0 bridgehead atoms. The third kappa shape index (κ3) is 6.25. The van der Waals surface area contributed by atoms with Crippen molar-refractivity contribution in [3.8, 4) is 11.4 Å². The van der Waals surface area contributed by atoms with E-state index < -0.39 is 0 Å². The average Bonchev–Trinajstić information content (AvgIpc) is 2.75. The molecule has 6 heteroatoms. The van der Waals surface area contributed by atoms with Crippen LogP contribution in [0.25, 0.3) is 11.4 Å². The molecule has 1 amide bonds. The number of amides is 1. The number of benzene rings is 1. The number of hydrogen-bond acceptors (Lipinski definition) is 4. The number of unbranched alkanes of at least 4 members (excludes halogenated alkanes) is 5. The Hall–Kier alpha value is -2.50. The van der Waals surface area contributed by atoms with Gasteiger partial charge in [-0.25, -0.2) is 14.4 Å². The first-order valence-corrected chi connectivity index (χ1v) is 11.2. The first-order valence-electron chi connectivity index (χ1n) is 11.2. The molecule has 0 atom stereocenters. The van der Waals surface area contributed by atoms with Gasteiger partial charge in [-0.05, 0) is 25.5 Å². The van der Waals surface area contributed by atoms with Crippen LogP contribution in [0.2, 0.25) is 0 Å². The standard InChI is InChI=1S/C24H33FN4O/c1-3-4-5-6-7-8-12-23(30)29-15-13-28(14-16-29)22-17-19(2)26-24(27-22)20-10-9-11-21(25)18-20/h9-11,17-18H,3-8,12-16H2,1-2H3. The molecular weight excluding hydrogens is 379 g/mol. The molecule has 0 saturated carbocycles. The smallest absolute Gasteiger partial charge is 0.222 e. The van der Waals surface area contributed by atoms with Gasteiger partial charge < -0.3 is 9.80 Å². The van der Waals surface area contributed by atoms with Crippen LogP contribution in [0.1, 0.15) is 57.6 Å². The van der Waals surface area contributed by atoms with Crippen LogP contribution in [0.5, 0.6) is 0 Å². The molecule has 1 fully saturated rings. The Morgan fingerprint density at radius 2 is 1.73 bits per heavy atom. The van der Waals surface area contributed by atoms with Crippen LogP contribution in [0.15, 0.2) is 30.3 Å². The molecule has 5 nitrogen and oxygen atoms in total. The van der Waals surface area contributed by atoms with Gasteiger partial charge in [0.05, 0.1) is 0 Å². The Kier molecular flexibility index (Phi) is 8.17. The van der Waals surface area contributed by atoms with Crippen LogP contribution in [-0.2, 0) is 4.79 Å². The van der Waals surface area contributed by atoms with Crippen molar-refractivity contribution < 1.29 is 9.18 Å². The number of hydrogen-bond donors (Lipinski definition) is 0. The summed E-state index contributed by atoms with van der Waals surface area (Å²) in [5, 5.41) is 0. The normalized spacial score (nSPS) is 14.2. The minimum absolute atomic E-state index is 0.268. The topological polar surface area (TPSA) is 49.3 Å². The van der Waals surface area contributed by atoms with E-state index in [1.165, 1.54) is 37.8 Å². The van der Waals surface area contributed by atoms with E-state index in [0.29, 0.717) is 30.9 Å². The van der Waals surface area contributed by atoms with E-state index in [4.69, 9.17) is 0 Å². The summed E-state index contributed by atoms with van der Waals surface area (Å²) in [6, 6.07) is 8.32. The SMILES string of the molecule is CCCCCCCCC(=O)N1CCN(c2cc(C)nc(-c3cccc(F)c3)n2)CC1. The van der Waals surface area contributed by atoms with E-state index in [2.05, 4.69) is 21.8 Å². The molecule has 3 rings (SSSR count). The number of halogens is 1. The number of rotatable bonds is 9. The lowest BCUT2D eigenvalue weighted by molar-refractivity contribution is -0.131. The maximum atomic E-state index is 13.6. The molecule has 0 unspecified atom stereocenters. The average molecular weight is 413 g/mol. The molecule has 1 aliphatic rings. The molecule has 0 N–H and O–H groups in total. The van der Waals surface area contributed by atoms with E-state index >= 15 is 0 Å². The number of carbonyl (C=O) groups is 1. The van der Waals surface area contributed by atoms with Gasteiger partial charge in [0.15, 0.2) is 5.82 Å². The Labute approximate surface area is 179 Å². The maximum absolute atomic E-state index is 13.6. The minimum Gasteiger partial charge on any atom is -0.353 e. The summed E-state index contributed by atoms with van der Waals surface area (Å²) in [7, 11) is 0. The summed E-state index contributed by atoms with van der Waals surface area (Å²) in [5.74, 6) is 1.34. The Bertz CT molecular complexity index is 834. The van der Waals surface area contributed by atoms with Gasteiger partial charge in [-0.15, -0.1) is 0 Å². The van der Waals surface area contributed by atoms with Gasteiger partial charge in [0.1, 0.15) is 11.6 Å². The number of aryl methyl sites for hydroxylation is 1. The molecule has 1 saturated heterocycles. The Morgan fingerprint density at radius 3 is 2.47 bits per heavy atom. The molecule has 0 radical (unpaired) electrons. The van der Waals surface area contributed by atoms with Crippen molar-refractivity contribution in [2.45, 2.75) is 58.8 Å². The number of nitrogens with zero attached hydrogens (tertiary/aromatic N) is 4. The lowest BCUT2D eigenvalue weighted by Gasteiger charge is -2.35. The fourth-order valence-electron chi connectivity index (χ4n) is 3.87. The van der Waals surface area contributed by atoms with E-state index in [0.717, 1.165) is 37.4 Å². The second-order valence-corrected chi connectivity index (χ2v) is 8.09. The van der Waals surface area contributed by atoms with E-state index in [-0.39, 0.29) is 11.7 Å². The predicted octanol–water partition coefficient (Wildman–Crippen LogP) is 4.99. The number of piperazine rings is 1. The summed E-state index contributed by atoms with van der Waals surface area (Å²) < 4.78 is 13.6. The quantitative estimate of drug-likeness (QED) is 0.545. The van der Waals surface area contributed by atoms with E-state index in [9.17, 15) is 9.18 Å². The summed E-state index contributed by atoms with van der Waals surface area (Å²) in [6.45, 7) is 7.07. The first-order chi connectivity index (χ1) is 14.6. The highest BCUT2D eigenvalue weighted by molar-refractivity contribution is 5.76. The molecule has 1 aliphatic heterocycles. The first kappa shape index (κ1) is 22.2. The van der Waals surface area contributed by atoms with Gasteiger partial charge in [-0.3, -0.25) is 4.79 Å². The third-order valence-corrected chi connectivity index (χ3v) is 5.62. The monoisotopic (exact) mass is 412 g/mol. The molecule has 162 valence electrons. The van der Waals surface area contributed by atoms with Gasteiger partial charge in [-0.2, -0.15) is 0 Å². The maximum Gasteiger partial charge on any atom is 0.222 e. The summed E-state index contributed by atoms with van der Waals surface area (Å²) in [5.41, 5.74) is 1.52. The van der Waals surface area contributed by atoms with Crippen LogP contribution >= 0.6 is 0 Å². The summed E-state index contributed by atoms with van der Waals surface area (Å²) >= 11 is 0. The van der Waals surface area contributed by atoms with Crippen LogP contribution in [0, 0.1) is 12.7 Å². The fourth-order valence-corrected chi connectivity index (χ4v) is 3.87. The zero-order valence-corrected chi connectivity index (χ0v) is 18.2. The Balaban J connectivity index is 1.53. The van der Waals surface area contributed by atoms with Gasteiger partial charge in [-0.1, -0.05) is 51.2 Å². The van der Waals surface area contributed by atoms with Crippen molar-refractivity contribution in [2.24, 2.45) is 0 Å². The van der Waals surface area contributed by atoms with Crippen molar-refractivity contribution in [3.05, 3.63) is 41.8 Å². The van der Waals surface area contributed by atoms with Crippen LogP contribution in [-0.4, -0.2) is 47.0 Å². The van der Waals surface area contributed by atoms with Crippen molar-refractivity contribution >= 4 is 11.7 Å². The predicted molar refractivity (Wildman–Crippen MR) is 119 cm³/mol. The summed E-state index contributed by atoms with van der Waals surface area (Å²) in [6.07, 6.45) is 7.84. The lowest BCUT2D eigenvalue weighted by Crippen LogP contribution is -2.49. The number of aromatic nitrogens is 2. The van der Waals surface area contributed by atoms with Gasteiger partial charge in [0.2, 0.25) is 5.91 Å². The highest BCUT2D eigenvalue weighted by Gasteiger charge is 2.22. The van der Waals surface area contributed by atoms with E-state index in [1.54, 1.807) is 6.07 Å². The Morgan fingerprint density at radius 1 is 1.00 bits per heavy atom. The number of carbonyl (C=O) groups excluding carboxylic acids is 1. The highest BCUT2D eigenvalue weighted by atomic mass is 19.1. The molecule has 0 aliphatic carbocycles. The molecule has 1 aromatic carbocycles. The van der Waals surface area contributed by atoms with Crippen LogP contribution in [0.3, 0.4) is 0 Å². The largest absolute Gasteiger partial charge is 0.353 e. The second kappa shape index (κ2) is 11.0. The number of anilines is 1. The molecule has 0 spiro atoms. The second-order valence-electron chi connectivity index (χ2n) is 8.09. The molecule has 2 aromatic rings. The lowest BCUT2D eigenvalue weighted by atomic mass is 10.1. The summed E-state index contributed by atoms with van der Waals surface area (Å²) in [4.78, 5) is 25.8. The van der Waals surface area contributed by atoms with Crippen LogP contribution in [0.4, 0.5) is 10.2 Å². The highest BCUT2D eigenvalue weighted by Crippen LogP contribution is 2.22. The minimum atomic E-state index is -0.295. The van der Waals surface area contributed by atoms with Crippen molar-refractivity contribution in [3.63, 3.8) is 0 Å². The molecule has 2 heterocycles. The molecule has 1 aromatic heterocycles. The van der Waals surface area contributed by atoms with Gasteiger partial charge >= 0.3 is 0 Å².